The highest BCUT2D eigenvalue weighted by molar-refractivity contribution is 5.66. The van der Waals surface area contributed by atoms with Crippen LogP contribution in [0.5, 0.6) is 5.75 Å². The zero-order valence-electron chi connectivity index (χ0n) is 19.9. The van der Waals surface area contributed by atoms with Crippen LogP contribution in [0.1, 0.15) is 12.8 Å². The standard InChI is InChI=1S/C28H19F9O2/c1-2-5-38-26-12-15(22(33)13-26)4-3-14-6-23(34)27(26,11-14)28(36,37)39-17-9-18(29)24(19(30)10-17)16-7-20(31)25(35)21(32)8-16/h2-4,6-10,13-15H,1,5,11-12H2/b4-3-/t14?,15?,26-,27?/m0/s1. The molecule has 0 spiro atoms. The van der Waals surface area contributed by atoms with Gasteiger partial charge in [0, 0.05) is 18.1 Å². The third-order valence-corrected chi connectivity index (χ3v) is 7.36. The molecule has 11 heteroatoms. The molecule has 3 unspecified atom stereocenters. The van der Waals surface area contributed by atoms with Crippen molar-refractivity contribution < 1.29 is 49.0 Å². The number of alkyl halides is 2. The van der Waals surface area contributed by atoms with E-state index < -0.39 is 99.4 Å². The Morgan fingerprint density at radius 1 is 0.897 bits per heavy atom. The molecule has 2 aromatic carbocycles. The van der Waals surface area contributed by atoms with E-state index in [-0.39, 0.29) is 6.61 Å². The molecule has 206 valence electrons. The Bertz CT molecular complexity index is 1400. The molecule has 2 nitrogen and oxygen atoms in total. The first-order valence-electron chi connectivity index (χ1n) is 11.7. The lowest BCUT2D eigenvalue weighted by molar-refractivity contribution is -0.299. The molecule has 5 rings (SSSR count). The van der Waals surface area contributed by atoms with Crippen LogP contribution in [0.25, 0.3) is 11.1 Å². The summed E-state index contributed by atoms with van der Waals surface area (Å²) in [7, 11) is 0. The monoisotopic (exact) mass is 558 g/mol. The molecule has 39 heavy (non-hydrogen) atoms. The van der Waals surface area contributed by atoms with E-state index in [1.807, 2.05) is 0 Å². The van der Waals surface area contributed by atoms with E-state index in [2.05, 4.69) is 6.58 Å². The Labute approximate surface area is 216 Å². The number of allylic oxidation sites excluding steroid dienone is 4. The number of halogens is 9. The molecule has 4 bridgehead atoms. The van der Waals surface area contributed by atoms with Crippen LogP contribution in [0.15, 0.2) is 72.9 Å². The van der Waals surface area contributed by atoms with Crippen LogP contribution in [0.2, 0.25) is 0 Å². The van der Waals surface area contributed by atoms with Crippen LogP contribution in [0.3, 0.4) is 0 Å². The lowest BCUT2D eigenvalue weighted by atomic mass is 9.66. The van der Waals surface area contributed by atoms with Crippen LogP contribution in [0, 0.1) is 46.3 Å². The van der Waals surface area contributed by atoms with E-state index in [0.29, 0.717) is 24.3 Å². The van der Waals surface area contributed by atoms with Crippen molar-refractivity contribution in [3.8, 4) is 16.9 Å². The zero-order chi connectivity index (χ0) is 28.3. The quantitative estimate of drug-likeness (QED) is 0.194. The first kappa shape index (κ1) is 27.1. The number of ether oxygens (including phenoxy) is 2. The second-order valence-electron chi connectivity index (χ2n) is 9.64. The topological polar surface area (TPSA) is 18.5 Å². The van der Waals surface area contributed by atoms with Gasteiger partial charge in [-0.2, -0.15) is 8.78 Å². The van der Waals surface area contributed by atoms with Crippen molar-refractivity contribution in [3.63, 3.8) is 0 Å². The van der Waals surface area contributed by atoms with Gasteiger partial charge in [-0.3, -0.25) is 0 Å². The van der Waals surface area contributed by atoms with Gasteiger partial charge in [-0.15, -0.1) is 6.58 Å². The van der Waals surface area contributed by atoms with Crippen molar-refractivity contribution in [2.75, 3.05) is 6.61 Å². The molecule has 2 aromatic rings. The fourth-order valence-electron chi connectivity index (χ4n) is 5.64. The Kier molecular flexibility index (Phi) is 6.48. The smallest absolute Gasteiger partial charge is 0.413 e. The molecule has 4 atom stereocenters. The third kappa shape index (κ3) is 4.09. The molecule has 0 amide bonds. The van der Waals surface area contributed by atoms with Crippen LogP contribution < -0.4 is 4.74 Å². The highest BCUT2D eigenvalue weighted by Gasteiger charge is 2.74. The fraction of sp³-hybridized carbons (Fsp3) is 0.286. The summed E-state index contributed by atoms with van der Waals surface area (Å²) in [5.74, 6) is -13.6. The predicted molar refractivity (Wildman–Crippen MR) is 122 cm³/mol. The normalized spacial score (nSPS) is 28.4. The minimum Gasteiger partial charge on any atom is -0.432 e. The van der Waals surface area contributed by atoms with E-state index in [9.17, 15) is 26.3 Å². The van der Waals surface area contributed by atoms with Gasteiger partial charge in [-0.05, 0) is 48.6 Å². The van der Waals surface area contributed by atoms with Crippen molar-refractivity contribution >= 4 is 0 Å². The van der Waals surface area contributed by atoms with E-state index in [0.717, 1.165) is 12.2 Å². The summed E-state index contributed by atoms with van der Waals surface area (Å²) in [5, 5.41) is 0. The number of hydrogen-bond acceptors (Lipinski definition) is 2. The third-order valence-electron chi connectivity index (χ3n) is 7.36. The molecule has 3 aliphatic carbocycles. The summed E-state index contributed by atoms with van der Waals surface area (Å²) in [6, 6.07) is 1.27. The van der Waals surface area contributed by atoms with Gasteiger partial charge in [0.2, 0.25) is 0 Å². The van der Waals surface area contributed by atoms with Gasteiger partial charge in [0.25, 0.3) is 0 Å². The maximum absolute atomic E-state index is 16.2. The molecule has 0 saturated heterocycles. The molecule has 0 radical (unpaired) electrons. The van der Waals surface area contributed by atoms with E-state index >= 15 is 13.2 Å². The lowest BCUT2D eigenvalue weighted by Gasteiger charge is -2.48. The molecular formula is C28H19F9O2. The molecule has 0 N–H and O–H groups in total. The minimum atomic E-state index is -4.56. The molecule has 0 saturated carbocycles. The van der Waals surface area contributed by atoms with Crippen LogP contribution in [-0.2, 0) is 4.74 Å². The second kappa shape index (κ2) is 9.32. The number of benzene rings is 2. The molecule has 0 heterocycles. The highest BCUT2D eigenvalue weighted by Crippen LogP contribution is 2.65. The van der Waals surface area contributed by atoms with Gasteiger partial charge in [-0.1, -0.05) is 18.2 Å². The highest BCUT2D eigenvalue weighted by atomic mass is 19.3. The maximum Gasteiger partial charge on any atom is 0.413 e. The Hall–Kier alpha value is -3.47. The van der Waals surface area contributed by atoms with Crippen molar-refractivity contribution in [2.45, 2.75) is 24.6 Å². The summed E-state index contributed by atoms with van der Waals surface area (Å²) >= 11 is 0. The second-order valence-corrected chi connectivity index (χ2v) is 9.64. The van der Waals surface area contributed by atoms with Crippen LogP contribution in [-0.4, -0.2) is 18.3 Å². The van der Waals surface area contributed by atoms with Gasteiger partial charge in [0.05, 0.1) is 12.2 Å². The summed E-state index contributed by atoms with van der Waals surface area (Å²) in [6.07, 6.45) is 0.188. The van der Waals surface area contributed by atoms with Crippen molar-refractivity contribution in [1.29, 1.82) is 0 Å². The molecule has 3 aliphatic rings. The van der Waals surface area contributed by atoms with Gasteiger partial charge >= 0.3 is 6.11 Å². The minimum absolute atomic E-state index is 0.310. The van der Waals surface area contributed by atoms with Crippen molar-refractivity contribution in [2.24, 2.45) is 17.3 Å². The Morgan fingerprint density at radius 3 is 2.15 bits per heavy atom. The van der Waals surface area contributed by atoms with Gasteiger partial charge in [-0.25, -0.2) is 30.7 Å². The van der Waals surface area contributed by atoms with E-state index in [1.54, 1.807) is 0 Å². The maximum atomic E-state index is 16.2. The summed E-state index contributed by atoms with van der Waals surface area (Å²) in [4.78, 5) is 0. The zero-order valence-corrected chi connectivity index (χ0v) is 19.9. The molecule has 0 fully saturated rings. The van der Waals surface area contributed by atoms with Gasteiger partial charge in [0.1, 0.15) is 34.6 Å². The van der Waals surface area contributed by atoms with E-state index in [1.165, 1.54) is 18.2 Å². The average Bonchev–Trinajstić information content (AvgIpc) is 3.38. The lowest BCUT2D eigenvalue weighted by Crippen LogP contribution is -2.60. The predicted octanol–water partition coefficient (Wildman–Crippen LogP) is 8.26. The summed E-state index contributed by atoms with van der Waals surface area (Å²) < 4.78 is 144. The SMILES string of the molecule is C=CCO[C@@]12C=C(F)C(/C=C\C3C=C(F)C1(C(F)(F)Oc1cc(F)c(-c4cc(F)c(F)c(F)c4)c(F)c1)C3)C2. The summed E-state index contributed by atoms with van der Waals surface area (Å²) in [5.41, 5.74) is -6.97. The average molecular weight is 558 g/mol. The fourth-order valence-corrected chi connectivity index (χ4v) is 5.64. The molecule has 0 aliphatic heterocycles. The van der Waals surface area contributed by atoms with Crippen molar-refractivity contribution in [1.82, 2.24) is 0 Å². The summed E-state index contributed by atoms with van der Waals surface area (Å²) in [6.45, 7) is 3.11. The number of fused-ring (bicyclic) bond motifs is 5. The van der Waals surface area contributed by atoms with Crippen LogP contribution in [0.4, 0.5) is 39.5 Å². The van der Waals surface area contributed by atoms with Crippen molar-refractivity contribution in [3.05, 3.63) is 102 Å². The van der Waals surface area contributed by atoms with Gasteiger partial charge < -0.3 is 9.47 Å². The number of hydrogen-bond donors (Lipinski definition) is 0. The largest absolute Gasteiger partial charge is 0.432 e. The Morgan fingerprint density at radius 2 is 1.54 bits per heavy atom. The number of rotatable bonds is 7. The van der Waals surface area contributed by atoms with E-state index in [4.69, 9.17) is 9.47 Å². The molecular weight excluding hydrogens is 539 g/mol. The Balaban J connectivity index is 1.59. The van der Waals surface area contributed by atoms with Gasteiger partial charge in [0.15, 0.2) is 22.9 Å². The van der Waals surface area contributed by atoms with Crippen LogP contribution >= 0.6 is 0 Å². The first-order chi connectivity index (χ1) is 18.3. The molecule has 0 aromatic heterocycles. The first-order valence-corrected chi connectivity index (χ1v) is 11.7.